The Morgan fingerprint density at radius 1 is 1.54 bits per heavy atom. The Bertz CT molecular complexity index is 769. The van der Waals surface area contributed by atoms with E-state index in [4.69, 9.17) is 9.26 Å². The second-order valence-electron chi connectivity index (χ2n) is 7.05. The monoisotopic (exact) mass is 394 g/mol. The molecular weight excluding hydrogens is 376 g/mol. The van der Waals surface area contributed by atoms with Crippen LogP contribution in [0.15, 0.2) is 27.5 Å². The van der Waals surface area contributed by atoms with Gasteiger partial charge in [0.1, 0.15) is 6.54 Å². The fourth-order valence-corrected chi connectivity index (χ4v) is 4.24. The highest BCUT2D eigenvalue weighted by molar-refractivity contribution is 9.10. The van der Waals surface area contributed by atoms with Crippen LogP contribution in [0.2, 0.25) is 0 Å². The summed E-state index contributed by atoms with van der Waals surface area (Å²) >= 11 is 3.34. The van der Waals surface area contributed by atoms with Gasteiger partial charge in [0.15, 0.2) is 11.5 Å². The molecule has 1 amide bonds. The van der Waals surface area contributed by atoms with Crippen LogP contribution in [0.25, 0.3) is 0 Å². The molecule has 4 rings (SSSR count). The number of carbonyl (C=O) groups excluding carboxylic acids is 1. The van der Waals surface area contributed by atoms with E-state index in [-0.39, 0.29) is 23.5 Å². The van der Waals surface area contributed by atoms with Gasteiger partial charge in [-0.15, -0.1) is 0 Å². The highest BCUT2D eigenvalue weighted by Crippen LogP contribution is 2.52. The van der Waals surface area contributed by atoms with Gasteiger partial charge in [0, 0.05) is 36.2 Å². The van der Waals surface area contributed by atoms with E-state index in [2.05, 4.69) is 45.3 Å². The number of hydrogen-bond acceptors (Lipinski definition) is 5. The molecule has 7 nitrogen and oxygen atoms in total. The van der Waals surface area contributed by atoms with Crippen LogP contribution in [0.3, 0.4) is 0 Å². The lowest BCUT2D eigenvalue weighted by atomic mass is 9.57. The van der Waals surface area contributed by atoms with E-state index in [1.807, 2.05) is 6.20 Å². The Balaban J connectivity index is 1.42. The molecule has 2 aliphatic rings. The van der Waals surface area contributed by atoms with Crippen molar-refractivity contribution >= 4 is 21.8 Å². The molecule has 1 saturated heterocycles. The van der Waals surface area contributed by atoms with Gasteiger partial charge < -0.3 is 14.6 Å². The van der Waals surface area contributed by atoms with Crippen LogP contribution in [0.5, 0.6) is 0 Å². The summed E-state index contributed by atoms with van der Waals surface area (Å²) in [4.78, 5) is 12.5. The Hall–Kier alpha value is -1.67. The minimum Gasteiger partial charge on any atom is -0.377 e. The molecule has 1 N–H and O–H groups in total. The van der Waals surface area contributed by atoms with Crippen LogP contribution in [0, 0.1) is 11.3 Å². The molecule has 1 aliphatic heterocycles. The number of nitrogens with zero attached hydrogens (tertiary/aromatic N) is 3. The van der Waals surface area contributed by atoms with Crippen molar-refractivity contribution in [3.05, 3.63) is 34.4 Å². The van der Waals surface area contributed by atoms with Crippen molar-refractivity contribution in [2.24, 2.45) is 11.3 Å². The maximum absolute atomic E-state index is 12.5. The summed E-state index contributed by atoms with van der Waals surface area (Å²) in [6.45, 7) is 5.47. The van der Waals surface area contributed by atoms with Crippen molar-refractivity contribution in [1.82, 2.24) is 20.3 Å². The van der Waals surface area contributed by atoms with Gasteiger partial charge in [-0.1, -0.05) is 19.0 Å². The van der Waals surface area contributed by atoms with Gasteiger partial charge in [-0.25, -0.2) is 0 Å². The third-order valence-corrected chi connectivity index (χ3v) is 5.51. The van der Waals surface area contributed by atoms with Crippen molar-refractivity contribution in [3.63, 3.8) is 0 Å². The molecule has 1 aliphatic carbocycles. The highest BCUT2D eigenvalue weighted by atomic mass is 79.9. The molecule has 8 heteroatoms. The zero-order chi connectivity index (χ0) is 16.9. The molecule has 0 bridgehead atoms. The molecule has 3 heterocycles. The summed E-state index contributed by atoms with van der Waals surface area (Å²) in [5, 5.41) is 11.2. The second-order valence-corrected chi connectivity index (χ2v) is 7.97. The lowest BCUT2D eigenvalue weighted by Gasteiger charge is -2.54. The highest BCUT2D eigenvalue weighted by Gasteiger charge is 2.59. The SMILES string of the molecule is CC1(C)[C@H](NC(=O)c2cc(Cn3cc(Br)cn3)on2)[C@H]2CCO[C@H]21. The third kappa shape index (κ3) is 2.57. The van der Waals surface area contributed by atoms with Crippen LogP contribution in [-0.4, -0.2) is 39.6 Å². The van der Waals surface area contributed by atoms with E-state index in [1.54, 1.807) is 16.9 Å². The number of hydrogen-bond donors (Lipinski definition) is 1. The second kappa shape index (κ2) is 5.70. The van der Waals surface area contributed by atoms with Crippen LogP contribution in [-0.2, 0) is 11.3 Å². The fourth-order valence-electron chi connectivity index (χ4n) is 3.91. The van der Waals surface area contributed by atoms with Gasteiger partial charge in [-0.3, -0.25) is 9.48 Å². The first kappa shape index (κ1) is 15.8. The molecule has 3 atom stereocenters. The van der Waals surface area contributed by atoms with E-state index in [9.17, 15) is 4.79 Å². The van der Waals surface area contributed by atoms with Gasteiger partial charge in [-0.05, 0) is 22.4 Å². The quantitative estimate of drug-likeness (QED) is 0.859. The first-order valence-electron chi connectivity index (χ1n) is 8.01. The molecule has 2 aromatic heterocycles. The normalized spacial score (nSPS) is 27.5. The standard InChI is InChI=1S/C16H19BrN4O3/c1-16(2)13(11-3-4-23-14(11)16)19-15(22)12-5-10(24-20-12)8-21-7-9(17)6-18-21/h5-7,11,13-14H,3-4,8H2,1-2H3,(H,19,22)/t11-,13-,14-/m1/s1. The molecule has 24 heavy (non-hydrogen) atoms. The summed E-state index contributed by atoms with van der Waals surface area (Å²) < 4.78 is 13.6. The lowest BCUT2D eigenvalue weighted by Crippen LogP contribution is -2.66. The Morgan fingerprint density at radius 3 is 3.12 bits per heavy atom. The number of amides is 1. The van der Waals surface area contributed by atoms with Crippen molar-refractivity contribution in [1.29, 1.82) is 0 Å². The Morgan fingerprint density at radius 2 is 2.38 bits per heavy atom. The summed E-state index contributed by atoms with van der Waals surface area (Å²) in [6.07, 6.45) is 4.77. The number of ether oxygens (including phenoxy) is 1. The van der Waals surface area contributed by atoms with Gasteiger partial charge in [-0.2, -0.15) is 5.10 Å². The summed E-state index contributed by atoms with van der Waals surface area (Å²) in [6, 6.07) is 1.78. The van der Waals surface area contributed by atoms with Gasteiger partial charge in [0.25, 0.3) is 5.91 Å². The topological polar surface area (TPSA) is 82.2 Å². The first-order chi connectivity index (χ1) is 11.4. The van der Waals surface area contributed by atoms with Crippen LogP contribution >= 0.6 is 15.9 Å². The number of rotatable bonds is 4. The summed E-state index contributed by atoms with van der Waals surface area (Å²) in [7, 11) is 0. The van der Waals surface area contributed by atoms with E-state index < -0.39 is 0 Å². The predicted octanol–water partition coefficient (Wildman–Crippen LogP) is 2.23. The predicted molar refractivity (Wildman–Crippen MR) is 88.4 cm³/mol. The van der Waals surface area contributed by atoms with Crippen LogP contribution in [0.4, 0.5) is 0 Å². The van der Waals surface area contributed by atoms with Crippen LogP contribution in [0.1, 0.15) is 36.5 Å². The first-order valence-corrected chi connectivity index (χ1v) is 8.80. The van der Waals surface area contributed by atoms with E-state index in [0.29, 0.717) is 23.9 Å². The maximum Gasteiger partial charge on any atom is 0.273 e. The molecule has 0 aromatic carbocycles. The van der Waals surface area contributed by atoms with E-state index in [1.165, 1.54) is 0 Å². The van der Waals surface area contributed by atoms with Crippen molar-refractivity contribution in [3.8, 4) is 0 Å². The number of fused-ring (bicyclic) bond motifs is 1. The minimum absolute atomic E-state index is 0.0509. The molecule has 1 saturated carbocycles. The van der Waals surface area contributed by atoms with Gasteiger partial charge in [0.2, 0.25) is 0 Å². The van der Waals surface area contributed by atoms with Crippen molar-refractivity contribution in [2.45, 2.75) is 39.0 Å². The zero-order valence-electron chi connectivity index (χ0n) is 13.5. The van der Waals surface area contributed by atoms with Gasteiger partial charge >= 0.3 is 0 Å². The molecule has 2 fully saturated rings. The largest absolute Gasteiger partial charge is 0.377 e. The molecular formula is C16H19BrN4O3. The minimum atomic E-state index is -0.199. The van der Waals surface area contributed by atoms with Gasteiger partial charge in [0.05, 0.1) is 16.8 Å². The van der Waals surface area contributed by atoms with E-state index in [0.717, 1.165) is 17.5 Å². The average Bonchev–Trinajstić information content (AvgIpc) is 3.25. The Labute approximate surface area is 147 Å². The van der Waals surface area contributed by atoms with Crippen molar-refractivity contribution < 1.29 is 14.1 Å². The van der Waals surface area contributed by atoms with Crippen molar-refractivity contribution in [2.75, 3.05) is 6.61 Å². The number of carbonyl (C=O) groups is 1. The molecule has 128 valence electrons. The molecule has 0 unspecified atom stereocenters. The van der Waals surface area contributed by atoms with Crippen LogP contribution < -0.4 is 5.32 Å². The number of nitrogens with one attached hydrogen (secondary N) is 1. The Kier molecular flexibility index (Phi) is 3.76. The molecule has 0 spiro atoms. The molecule has 0 radical (unpaired) electrons. The number of aromatic nitrogens is 3. The number of halogens is 1. The maximum atomic E-state index is 12.5. The van der Waals surface area contributed by atoms with E-state index >= 15 is 0 Å². The third-order valence-electron chi connectivity index (χ3n) is 5.10. The smallest absolute Gasteiger partial charge is 0.273 e. The molecule has 2 aromatic rings. The fraction of sp³-hybridized carbons (Fsp3) is 0.562. The summed E-state index contributed by atoms with van der Waals surface area (Å²) in [5.41, 5.74) is 0.249. The lowest BCUT2D eigenvalue weighted by molar-refractivity contribution is -0.108. The average molecular weight is 395 g/mol. The summed E-state index contributed by atoms with van der Waals surface area (Å²) in [5.74, 6) is 0.789. The zero-order valence-corrected chi connectivity index (χ0v) is 15.1.